The maximum atomic E-state index is 11.5. The van der Waals surface area contributed by atoms with Crippen molar-refractivity contribution in [2.75, 3.05) is 17.2 Å². The normalized spacial score (nSPS) is 10.3. The second-order valence-corrected chi connectivity index (χ2v) is 5.94. The molecular weight excluding hydrogens is 326 g/mol. The van der Waals surface area contributed by atoms with Gasteiger partial charge in [-0.15, -0.1) is 5.10 Å². The fraction of sp³-hybridized carbons (Fsp3) is 0.200. The molecule has 3 rings (SSSR count). The fourth-order valence-electron chi connectivity index (χ4n) is 2.54. The zero-order valence-corrected chi connectivity index (χ0v) is 14.6. The molecule has 1 heterocycles. The topological polar surface area (TPSA) is 79.8 Å². The van der Waals surface area contributed by atoms with Crippen LogP contribution in [0, 0.1) is 0 Å². The number of hydrogen-bond donors (Lipinski definition) is 2. The molecule has 0 aliphatic carbocycles. The predicted octanol–water partition coefficient (Wildman–Crippen LogP) is 3.86. The van der Waals surface area contributed by atoms with Crippen molar-refractivity contribution in [3.05, 3.63) is 71.9 Å². The van der Waals surface area contributed by atoms with Crippen LogP contribution in [0.3, 0.4) is 0 Å². The molecule has 6 heteroatoms. The van der Waals surface area contributed by atoms with E-state index in [9.17, 15) is 4.79 Å². The maximum Gasteiger partial charge on any atom is 0.249 e. The smallest absolute Gasteiger partial charge is 0.249 e. The summed E-state index contributed by atoms with van der Waals surface area (Å²) in [5, 5.41) is 14.3. The Bertz CT molecular complexity index is 867. The Hall–Kier alpha value is -3.28. The summed E-state index contributed by atoms with van der Waals surface area (Å²) in [6.45, 7) is 2.34. The van der Waals surface area contributed by atoms with E-state index in [4.69, 9.17) is 0 Å². The van der Waals surface area contributed by atoms with Crippen LogP contribution in [0.4, 0.5) is 17.5 Å². The highest BCUT2D eigenvalue weighted by molar-refractivity contribution is 5.95. The van der Waals surface area contributed by atoms with Crippen LogP contribution in [0.1, 0.15) is 29.3 Å². The van der Waals surface area contributed by atoms with Gasteiger partial charge in [0.05, 0.1) is 6.20 Å². The number of nitrogens with zero attached hydrogens (tertiary/aromatic N) is 3. The molecule has 0 saturated carbocycles. The van der Waals surface area contributed by atoms with Crippen molar-refractivity contribution >= 4 is 23.2 Å². The lowest BCUT2D eigenvalue weighted by Gasteiger charge is -2.08. The Morgan fingerprint density at radius 1 is 1.08 bits per heavy atom. The number of rotatable bonds is 8. The molecule has 0 spiro atoms. The van der Waals surface area contributed by atoms with Crippen LogP contribution in [-0.2, 0) is 6.42 Å². The SMILES string of the molecule is CC(=O)c1cccc(Nc2nncc(NCCCc3ccccc3)n2)c1. The molecule has 3 aromatic rings. The van der Waals surface area contributed by atoms with Crippen molar-refractivity contribution in [2.24, 2.45) is 0 Å². The minimum absolute atomic E-state index is 0.0153. The van der Waals surface area contributed by atoms with Gasteiger partial charge in [-0.1, -0.05) is 42.5 Å². The van der Waals surface area contributed by atoms with Crippen LogP contribution in [0.15, 0.2) is 60.8 Å². The molecule has 0 saturated heterocycles. The molecule has 0 aliphatic rings. The van der Waals surface area contributed by atoms with Gasteiger partial charge in [0.1, 0.15) is 0 Å². The number of carbonyl (C=O) groups is 1. The molecule has 0 radical (unpaired) electrons. The minimum Gasteiger partial charge on any atom is -0.369 e. The van der Waals surface area contributed by atoms with E-state index < -0.39 is 0 Å². The first kappa shape index (κ1) is 17.5. The van der Waals surface area contributed by atoms with Gasteiger partial charge in [0.2, 0.25) is 5.95 Å². The molecule has 0 unspecified atom stereocenters. The zero-order chi connectivity index (χ0) is 18.2. The Balaban J connectivity index is 1.54. The van der Waals surface area contributed by atoms with E-state index in [1.807, 2.05) is 18.2 Å². The van der Waals surface area contributed by atoms with E-state index >= 15 is 0 Å². The largest absolute Gasteiger partial charge is 0.369 e. The lowest BCUT2D eigenvalue weighted by atomic mass is 10.1. The molecule has 1 aromatic heterocycles. The first-order chi connectivity index (χ1) is 12.7. The quantitative estimate of drug-likeness (QED) is 0.476. The number of carbonyl (C=O) groups excluding carboxylic acids is 1. The number of aryl methyl sites for hydroxylation is 1. The highest BCUT2D eigenvalue weighted by Gasteiger charge is 2.04. The zero-order valence-electron chi connectivity index (χ0n) is 14.6. The average molecular weight is 347 g/mol. The fourth-order valence-corrected chi connectivity index (χ4v) is 2.54. The molecule has 0 bridgehead atoms. The second kappa shape index (κ2) is 8.71. The van der Waals surface area contributed by atoms with Gasteiger partial charge in [0.15, 0.2) is 11.6 Å². The third-order valence-electron chi connectivity index (χ3n) is 3.88. The van der Waals surface area contributed by atoms with Crippen LogP contribution in [0.25, 0.3) is 0 Å². The van der Waals surface area contributed by atoms with Crippen LogP contribution in [0.5, 0.6) is 0 Å². The van der Waals surface area contributed by atoms with Gasteiger partial charge in [-0.05, 0) is 37.5 Å². The second-order valence-electron chi connectivity index (χ2n) is 5.94. The molecule has 6 nitrogen and oxygen atoms in total. The van der Waals surface area contributed by atoms with E-state index in [-0.39, 0.29) is 5.78 Å². The molecule has 0 fully saturated rings. The lowest BCUT2D eigenvalue weighted by molar-refractivity contribution is 0.101. The Kier molecular flexibility index (Phi) is 5.88. The number of hydrogen-bond acceptors (Lipinski definition) is 6. The first-order valence-electron chi connectivity index (χ1n) is 8.56. The molecule has 0 aliphatic heterocycles. The van der Waals surface area contributed by atoms with Crippen LogP contribution in [-0.4, -0.2) is 27.5 Å². The number of aromatic nitrogens is 3. The number of benzene rings is 2. The van der Waals surface area contributed by atoms with Crippen LogP contribution < -0.4 is 10.6 Å². The van der Waals surface area contributed by atoms with Gasteiger partial charge in [0.25, 0.3) is 0 Å². The summed E-state index contributed by atoms with van der Waals surface area (Å²) in [5.74, 6) is 1.07. The van der Waals surface area contributed by atoms with Gasteiger partial charge < -0.3 is 10.6 Å². The van der Waals surface area contributed by atoms with E-state index in [2.05, 4.69) is 50.1 Å². The van der Waals surface area contributed by atoms with Gasteiger partial charge in [-0.3, -0.25) is 4.79 Å². The third-order valence-corrected chi connectivity index (χ3v) is 3.88. The molecular formula is C20H21N5O. The van der Waals surface area contributed by atoms with Crippen LogP contribution >= 0.6 is 0 Å². The average Bonchev–Trinajstić information content (AvgIpc) is 2.67. The van der Waals surface area contributed by atoms with E-state index in [1.54, 1.807) is 18.3 Å². The Morgan fingerprint density at radius 3 is 2.73 bits per heavy atom. The molecule has 2 N–H and O–H groups in total. The summed E-state index contributed by atoms with van der Waals surface area (Å²) in [6, 6.07) is 17.6. The van der Waals surface area contributed by atoms with E-state index in [1.165, 1.54) is 12.5 Å². The van der Waals surface area contributed by atoms with Crippen molar-refractivity contribution in [1.29, 1.82) is 0 Å². The molecule has 26 heavy (non-hydrogen) atoms. The highest BCUT2D eigenvalue weighted by atomic mass is 16.1. The molecule has 2 aromatic carbocycles. The summed E-state index contributed by atoms with van der Waals surface area (Å²) < 4.78 is 0. The van der Waals surface area contributed by atoms with Crippen molar-refractivity contribution in [3.63, 3.8) is 0 Å². The van der Waals surface area contributed by atoms with Gasteiger partial charge in [-0.2, -0.15) is 10.1 Å². The van der Waals surface area contributed by atoms with Crippen molar-refractivity contribution in [1.82, 2.24) is 15.2 Å². The molecule has 132 valence electrons. The lowest BCUT2D eigenvalue weighted by Crippen LogP contribution is -2.07. The molecule has 0 amide bonds. The molecule has 0 atom stereocenters. The van der Waals surface area contributed by atoms with Crippen LogP contribution in [0.2, 0.25) is 0 Å². The monoisotopic (exact) mass is 347 g/mol. The number of anilines is 3. The Morgan fingerprint density at radius 2 is 1.92 bits per heavy atom. The summed E-state index contributed by atoms with van der Waals surface area (Å²) in [5.41, 5.74) is 2.71. The summed E-state index contributed by atoms with van der Waals surface area (Å²) in [6.07, 6.45) is 3.60. The van der Waals surface area contributed by atoms with E-state index in [0.29, 0.717) is 17.3 Å². The summed E-state index contributed by atoms with van der Waals surface area (Å²) >= 11 is 0. The number of ketones is 1. The highest BCUT2D eigenvalue weighted by Crippen LogP contribution is 2.15. The standard InChI is InChI=1S/C20H21N5O/c1-15(26)17-10-5-11-18(13-17)23-20-24-19(14-22-25-20)21-12-6-9-16-7-3-2-4-8-16/h2-5,7-8,10-11,13-14H,6,9,12H2,1H3,(H2,21,23,24,25). The minimum atomic E-state index is 0.0153. The van der Waals surface area contributed by atoms with Gasteiger partial charge in [-0.25, -0.2) is 0 Å². The first-order valence-corrected chi connectivity index (χ1v) is 8.56. The van der Waals surface area contributed by atoms with E-state index in [0.717, 1.165) is 25.1 Å². The number of nitrogens with one attached hydrogen (secondary N) is 2. The third kappa shape index (κ3) is 5.11. The maximum absolute atomic E-state index is 11.5. The van der Waals surface area contributed by atoms with Crippen molar-refractivity contribution in [3.8, 4) is 0 Å². The Labute approximate surface area is 152 Å². The van der Waals surface area contributed by atoms with Crippen molar-refractivity contribution in [2.45, 2.75) is 19.8 Å². The van der Waals surface area contributed by atoms with Gasteiger partial charge >= 0.3 is 0 Å². The number of Topliss-reactive ketones (excluding diaryl/α,β-unsaturated/α-hetero) is 1. The summed E-state index contributed by atoms with van der Waals surface area (Å²) in [4.78, 5) is 15.9. The predicted molar refractivity (Wildman–Crippen MR) is 103 cm³/mol. The van der Waals surface area contributed by atoms with Crippen molar-refractivity contribution < 1.29 is 4.79 Å². The summed E-state index contributed by atoms with van der Waals surface area (Å²) in [7, 11) is 0. The van der Waals surface area contributed by atoms with Gasteiger partial charge in [0, 0.05) is 17.8 Å².